The van der Waals surface area contributed by atoms with Crippen LogP contribution in [0.25, 0.3) is 0 Å². The van der Waals surface area contributed by atoms with Gasteiger partial charge in [-0.2, -0.15) is 0 Å². The number of hydrogen-bond acceptors (Lipinski definition) is 9. The summed E-state index contributed by atoms with van der Waals surface area (Å²) in [6, 6.07) is 4.88. The molecule has 0 saturated heterocycles. The van der Waals surface area contributed by atoms with Crippen molar-refractivity contribution < 1.29 is 34.0 Å². The molecular weight excluding hydrogens is 490 g/mol. The zero-order valence-electron chi connectivity index (χ0n) is 22.2. The number of rotatable bonds is 13. The molecule has 1 saturated carbocycles. The van der Waals surface area contributed by atoms with Gasteiger partial charge in [-0.3, -0.25) is 4.79 Å². The van der Waals surface area contributed by atoms with E-state index in [2.05, 4.69) is 17.0 Å². The van der Waals surface area contributed by atoms with Crippen molar-refractivity contribution in [1.29, 1.82) is 0 Å². The molecule has 0 aromatic heterocycles. The van der Waals surface area contributed by atoms with Gasteiger partial charge in [-0.1, -0.05) is 42.5 Å². The number of esters is 2. The first kappa shape index (κ1) is 29.3. The van der Waals surface area contributed by atoms with Gasteiger partial charge in [-0.15, -0.1) is 16.7 Å². The van der Waals surface area contributed by atoms with Gasteiger partial charge in [-0.05, 0) is 38.2 Å². The van der Waals surface area contributed by atoms with E-state index >= 15 is 0 Å². The number of carbonyl (C=O) groups excluding carboxylic acids is 2. The van der Waals surface area contributed by atoms with Crippen molar-refractivity contribution in [1.82, 2.24) is 0 Å². The molecule has 1 aliphatic heterocycles. The molecular formula is C29H37NO8. The Morgan fingerprint density at radius 1 is 1.26 bits per heavy atom. The van der Waals surface area contributed by atoms with Crippen LogP contribution in [0, 0.1) is 28.6 Å². The Bertz CT molecular complexity index is 1070. The molecule has 1 fully saturated rings. The predicted molar refractivity (Wildman–Crippen MR) is 140 cm³/mol. The first-order chi connectivity index (χ1) is 18.3. The average molecular weight is 528 g/mol. The van der Waals surface area contributed by atoms with Crippen molar-refractivity contribution >= 4 is 11.9 Å². The minimum Gasteiger partial charge on any atom is -0.489 e. The van der Waals surface area contributed by atoms with E-state index in [0.717, 1.165) is 16.9 Å². The molecule has 1 aromatic carbocycles. The molecule has 1 aliphatic carbocycles. The number of aliphatic hydroxyl groups is 2. The summed E-state index contributed by atoms with van der Waals surface area (Å²) in [6.45, 7) is 4.85. The fourth-order valence-corrected chi connectivity index (χ4v) is 4.94. The third kappa shape index (κ3) is 7.42. The topological polar surface area (TPSA) is 132 Å². The zero-order valence-corrected chi connectivity index (χ0v) is 22.2. The molecule has 1 heterocycles. The third-order valence-electron chi connectivity index (χ3n) is 7.12. The lowest BCUT2D eigenvalue weighted by Crippen LogP contribution is -2.20. The quantitative estimate of drug-likeness (QED) is 0.131. The molecule has 2 unspecified atom stereocenters. The van der Waals surface area contributed by atoms with Gasteiger partial charge >= 0.3 is 11.9 Å². The first-order valence-corrected chi connectivity index (χ1v) is 13.1. The van der Waals surface area contributed by atoms with Gasteiger partial charge in [-0.25, -0.2) is 4.79 Å². The van der Waals surface area contributed by atoms with Gasteiger partial charge < -0.3 is 24.4 Å². The van der Waals surface area contributed by atoms with Gasteiger partial charge in [0.05, 0.1) is 12.2 Å². The molecule has 9 nitrogen and oxygen atoms in total. The Morgan fingerprint density at radius 2 is 2.03 bits per heavy atom. The molecule has 0 radical (unpaired) electrons. The van der Waals surface area contributed by atoms with Crippen LogP contribution in [0.2, 0.25) is 0 Å². The molecule has 0 amide bonds. The minimum absolute atomic E-state index is 0.000974. The van der Waals surface area contributed by atoms with E-state index in [0.29, 0.717) is 25.7 Å². The number of carbonyl (C=O) groups is 2. The number of aliphatic hydroxyl groups excluding tert-OH is 2. The second-order valence-corrected chi connectivity index (χ2v) is 9.90. The van der Waals surface area contributed by atoms with Gasteiger partial charge in [0.2, 0.25) is 0 Å². The lowest BCUT2D eigenvalue weighted by molar-refractivity contribution is -0.152. The molecule has 2 N–H and O–H groups in total. The van der Waals surface area contributed by atoms with Crippen LogP contribution >= 0.6 is 0 Å². The van der Waals surface area contributed by atoms with Crippen molar-refractivity contribution in [2.24, 2.45) is 17.0 Å². The SMILES string of the molecule is CC#CCC(C)[C@@H](O)/C=C/[C@H]1[C@@H]2c3cccc(CCCC(=O)OCCOC(=O)C(C)N=O)c3O[C@@H]2C[C@@H]1O. The van der Waals surface area contributed by atoms with Gasteiger partial charge in [0.25, 0.3) is 0 Å². The fraction of sp³-hybridized carbons (Fsp3) is 0.586. The van der Waals surface area contributed by atoms with Crippen molar-refractivity contribution in [3.05, 3.63) is 46.4 Å². The van der Waals surface area contributed by atoms with Crippen LogP contribution in [0.4, 0.5) is 0 Å². The van der Waals surface area contributed by atoms with E-state index in [1.165, 1.54) is 6.92 Å². The molecule has 3 rings (SSSR count). The van der Waals surface area contributed by atoms with Crippen molar-refractivity contribution in [3.8, 4) is 17.6 Å². The molecule has 0 spiro atoms. The van der Waals surface area contributed by atoms with Crippen LogP contribution < -0.4 is 4.74 Å². The Morgan fingerprint density at radius 3 is 2.76 bits per heavy atom. The number of fused-ring (bicyclic) bond motifs is 3. The smallest absolute Gasteiger partial charge is 0.334 e. The van der Waals surface area contributed by atoms with Crippen LogP contribution in [0.5, 0.6) is 5.75 Å². The Balaban J connectivity index is 1.53. The summed E-state index contributed by atoms with van der Waals surface area (Å²) in [5, 5.41) is 23.8. The maximum Gasteiger partial charge on any atom is 0.334 e. The predicted octanol–water partition coefficient (Wildman–Crippen LogP) is 3.44. The van der Waals surface area contributed by atoms with E-state index in [1.54, 1.807) is 13.0 Å². The highest BCUT2D eigenvalue weighted by molar-refractivity contribution is 5.75. The largest absolute Gasteiger partial charge is 0.489 e. The summed E-state index contributed by atoms with van der Waals surface area (Å²) < 4.78 is 16.2. The summed E-state index contributed by atoms with van der Waals surface area (Å²) in [7, 11) is 0. The minimum atomic E-state index is -1.09. The zero-order chi connectivity index (χ0) is 27.7. The molecule has 38 heavy (non-hydrogen) atoms. The normalized spacial score (nSPS) is 23.8. The Kier molecular flexibility index (Phi) is 10.9. The fourth-order valence-electron chi connectivity index (χ4n) is 4.94. The van der Waals surface area contributed by atoms with Gasteiger partial charge in [0.15, 0.2) is 6.04 Å². The Labute approximate surface area is 223 Å². The first-order valence-electron chi connectivity index (χ1n) is 13.1. The highest BCUT2D eigenvalue weighted by Crippen LogP contribution is 2.52. The third-order valence-corrected chi connectivity index (χ3v) is 7.12. The molecule has 7 atom stereocenters. The maximum atomic E-state index is 12.0. The van der Waals surface area contributed by atoms with Crippen LogP contribution in [0.3, 0.4) is 0 Å². The monoisotopic (exact) mass is 527 g/mol. The lowest BCUT2D eigenvalue weighted by atomic mass is 9.86. The van der Waals surface area contributed by atoms with Crippen LogP contribution in [0.15, 0.2) is 35.5 Å². The van der Waals surface area contributed by atoms with Crippen molar-refractivity contribution in [2.75, 3.05) is 13.2 Å². The van der Waals surface area contributed by atoms with Crippen LogP contribution in [-0.2, 0) is 25.5 Å². The van der Waals surface area contributed by atoms with E-state index in [-0.39, 0.29) is 43.5 Å². The summed E-state index contributed by atoms with van der Waals surface area (Å²) in [5.41, 5.74) is 2.04. The summed E-state index contributed by atoms with van der Waals surface area (Å²) in [6.07, 6.45) is 4.85. The van der Waals surface area contributed by atoms with E-state index in [9.17, 15) is 24.7 Å². The van der Waals surface area contributed by atoms with Crippen molar-refractivity contribution in [3.63, 3.8) is 0 Å². The number of benzene rings is 1. The van der Waals surface area contributed by atoms with Crippen LogP contribution in [-0.4, -0.2) is 59.7 Å². The summed E-state index contributed by atoms with van der Waals surface area (Å²) in [5.74, 6) is 5.34. The summed E-state index contributed by atoms with van der Waals surface area (Å²) in [4.78, 5) is 33.7. The average Bonchev–Trinajstić information content (AvgIpc) is 3.42. The lowest BCUT2D eigenvalue weighted by Gasteiger charge is -2.19. The molecule has 1 aromatic rings. The number of para-hydroxylation sites is 1. The second-order valence-electron chi connectivity index (χ2n) is 9.90. The molecule has 206 valence electrons. The van der Waals surface area contributed by atoms with Gasteiger partial charge in [0, 0.05) is 36.7 Å². The number of aryl methyl sites for hydroxylation is 1. The molecule has 2 aliphatic rings. The highest BCUT2D eigenvalue weighted by atomic mass is 16.6. The standard InChI is InChI=1S/C29H37NO8/c1-4-5-8-18(2)23(31)14-13-21-24(32)17-25-27(21)22-11-6-9-20(28(22)38-25)10-7-12-26(33)36-15-16-37-29(34)19(3)30-35/h6,9,11,13-14,18-19,21,23-25,27,31-32H,7-8,10,12,15-17H2,1-3H3/b14-13+/t18?,19?,21-,23+,24+,25-,27-/m1/s1. The second kappa shape index (κ2) is 14.1. The van der Waals surface area contributed by atoms with Crippen molar-refractivity contribution in [2.45, 2.75) is 83.1 Å². The number of nitroso groups, excluding NO2 is 1. The number of nitrogens with zero attached hydrogens (tertiary/aromatic N) is 1. The maximum absolute atomic E-state index is 12.0. The molecule has 0 bridgehead atoms. The van der Waals surface area contributed by atoms with Crippen LogP contribution in [0.1, 0.15) is 63.5 Å². The van der Waals surface area contributed by atoms with Gasteiger partial charge in [0.1, 0.15) is 25.1 Å². The highest BCUT2D eigenvalue weighted by Gasteiger charge is 2.48. The van der Waals surface area contributed by atoms with E-state index < -0.39 is 30.2 Å². The summed E-state index contributed by atoms with van der Waals surface area (Å²) >= 11 is 0. The van der Waals surface area contributed by atoms with E-state index in [1.807, 2.05) is 31.2 Å². The number of hydrogen-bond donors (Lipinski definition) is 2. The Hall–Kier alpha value is -3.22. The molecule has 9 heteroatoms. The number of ether oxygens (including phenoxy) is 3. The van der Waals surface area contributed by atoms with E-state index in [4.69, 9.17) is 14.2 Å².